The van der Waals surface area contributed by atoms with Crippen LogP contribution >= 0.6 is 0 Å². The molecule has 0 saturated heterocycles. The zero-order valence-electron chi connectivity index (χ0n) is 12.5. The second-order valence-corrected chi connectivity index (χ2v) is 5.56. The maximum Gasteiger partial charge on any atom is 0.341 e. The number of hydrogen-bond acceptors (Lipinski definition) is 4. The number of para-hydroxylation sites is 1. The van der Waals surface area contributed by atoms with E-state index in [0.717, 1.165) is 0 Å². The Morgan fingerprint density at radius 3 is 2.30 bits per heavy atom. The van der Waals surface area contributed by atoms with Crippen LogP contribution in [-0.4, -0.2) is 18.5 Å². The lowest BCUT2D eigenvalue weighted by molar-refractivity contribution is -0.135. The van der Waals surface area contributed by atoms with Gasteiger partial charge in [-0.2, -0.15) is 0 Å². The predicted octanol–water partition coefficient (Wildman–Crippen LogP) is 3.45. The molecule has 0 unspecified atom stereocenters. The monoisotopic (exact) mass is 278 g/mol. The van der Waals surface area contributed by atoms with Crippen LogP contribution in [0.25, 0.3) is 0 Å². The van der Waals surface area contributed by atoms with E-state index in [1.165, 1.54) is 0 Å². The van der Waals surface area contributed by atoms with E-state index in [1.54, 1.807) is 24.3 Å². The molecule has 1 rings (SSSR count). The van der Waals surface area contributed by atoms with Gasteiger partial charge in [-0.05, 0) is 24.0 Å². The van der Waals surface area contributed by atoms with Gasteiger partial charge in [-0.25, -0.2) is 4.79 Å². The topological polar surface area (TPSA) is 52.6 Å². The molecule has 0 aliphatic rings. The highest BCUT2D eigenvalue weighted by Crippen LogP contribution is 2.20. The second kappa shape index (κ2) is 7.68. The van der Waals surface area contributed by atoms with E-state index in [-0.39, 0.29) is 29.1 Å². The molecule has 0 amide bonds. The van der Waals surface area contributed by atoms with Crippen LogP contribution in [0.3, 0.4) is 0 Å². The Balaban J connectivity index is 2.77. The van der Waals surface area contributed by atoms with Crippen molar-refractivity contribution in [3.8, 4) is 5.75 Å². The minimum Gasteiger partial charge on any atom is -0.462 e. The van der Waals surface area contributed by atoms with E-state index in [9.17, 15) is 9.59 Å². The van der Waals surface area contributed by atoms with Crippen LogP contribution < -0.4 is 4.74 Å². The summed E-state index contributed by atoms with van der Waals surface area (Å²) in [6, 6.07) is 6.63. The first-order valence-corrected chi connectivity index (χ1v) is 6.87. The largest absolute Gasteiger partial charge is 0.462 e. The summed E-state index contributed by atoms with van der Waals surface area (Å²) in [4.78, 5) is 23.6. The van der Waals surface area contributed by atoms with Gasteiger partial charge >= 0.3 is 11.9 Å². The molecular formula is C16H22O4. The number of rotatable bonds is 6. The van der Waals surface area contributed by atoms with E-state index in [1.807, 2.05) is 27.7 Å². The molecule has 0 aliphatic carbocycles. The molecule has 110 valence electrons. The van der Waals surface area contributed by atoms with Crippen molar-refractivity contribution >= 4 is 11.9 Å². The minimum absolute atomic E-state index is 0.211. The molecule has 0 heterocycles. The highest BCUT2D eigenvalue weighted by Gasteiger charge is 2.17. The molecular weight excluding hydrogens is 256 g/mol. The van der Waals surface area contributed by atoms with E-state index in [0.29, 0.717) is 13.0 Å². The first kappa shape index (κ1) is 16.2. The first-order chi connectivity index (χ1) is 9.40. The van der Waals surface area contributed by atoms with Gasteiger partial charge in [0.1, 0.15) is 11.3 Å². The fourth-order valence-electron chi connectivity index (χ4n) is 1.54. The summed E-state index contributed by atoms with van der Waals surface area (Å²) in [6.07, 6.45) is 0.315. The number of ether oxygens (including phenoxy) is 2. The maximum absolute atomic E-state index is 12.0. The van der Waals surface area contributed by atoms with Gasteiger partial charge in [-0.1, -0.05) is 39.8 Å². The Labute approximate surface area is 120 Å². The van der Waals surface area contributed by atoms with Crippen LogP contribution in [0.15, 0.2) is 24.3 Å². The average Bonchev–Trinajstić information content (AvgIpc) is 2.35. The standard InChI is InChI=1S/C16H22O4/c1-11(2)9-15(17)20-14-8-6-5-7-13(14)16(18)19-10-12(3)4/h5-8,11-12H,9-10H2,1-4H3. The Bertz CT molecular complexity index is 463. The van der Waals surface area contributed by atoms with Crippen LogP contribution in [0, 0.1) is 11.8 Å². The fourth-order valence-corrected chi connectivity index (χ4v) is 1.54. The SMILES string of the molecule is CC(C)COC(=O)c1ccccc1OC(=O)CC(C)C. The molecule has 4 heteroatoms. The predicted molar refractivity (Wildman–Crippen MR) is 76.7 cm³/mol. The first-order valence-electron chi connectivity index (χ1n) is 6.87. The number of esters is 2. The summed E-state index contributed by atoms with van der Waals surface area (Å²) in [6.45, 7) is 8.13. The molecule has 0 radical (unpaired) electrons. The van der Waals surface area contributed by atoms with Crippen molar-refractivity contribution in [3.63, 3.8) is 0 Å². The lowest BCUT2D eigenvalue weighted by Gasteiger charge is -2.11. The molecule has 0 bridgehead atoms. The lowest BCUT2D eigenvalue weighted by Crippen LogP contribution is -2.15. The second-order valence-electron chi connectivity index (χ2n) is 5.56. The molecule has 0 fully saturated rings. The van der Waals surface area contributed by atoms with Crippen LogP contribution in [0.2, 0.25) is 0 Å². The summed E-state index contributed by atoms with van der Waals surface area (Å²) < 4.78 is 10.4. The van der Waals surface area contributed by atoms with Crippen molar-refractivity contribution in [2.75, 3.05) is 6.61 Å². The Kier molecular flexibility index (Phi) is 6.22. The van der Waals surface area contributed by atoms with Gasteiger partial charge in [0, 0.05) is 6.42 Å². The van der Waals surface area contributed by atoms with Crippen molar-refractivity contribution in [3.05, 3.63) is 29.8 Å². The van der Waals surface area contributed by atoms with Crippen LogP contribution in [0.4, 0.5) is 0 Å². The lowest BCUT2D eigenvalue weighted by atomic mass is 10.1. The summed E-state index contributed by atoms with van der Waals surface area (Å²) in [5, 5.41) is 0. The van der Waals surface area contributed by atoms with Crippen molar-refractivity contribution in [2.45, 2.75) is 34.1 Å². The Hall–Kier alpha value is -1.84. The number of hydrogen-bond donors (Lipinski definition) is 0. The van der Waals surface area contributed by atoms with Crippen molar-refractivity contribution in [1.82, 2.24) is 0 Å². The highest BCUT2D eigenvalue weighted by atomic mass is 16.5. The molecule has 4 nitrogen and oxygen atoms in total. The van der Waals surface area contributed by atoms with Gasteiger partial charge in [0.25, 0.3) is 0 Å². The molecule has 0 saturated carbocycles. The van der Waals surface area contributed by atoms with Crippen molar-refractivity contribution in [2.24, 2.45) is 11.8 Å². The maximum atomic E-state index is 12.0. The van der Waals surface area contributed by atoms with Gasteiger partial charge in [0.05, 0.1) is 6.61 Å². The Morgan fingerprint density at radius 1 is 1.05 bits per heavy atom. The van der Waals surface area contributed by atoms with E-state index in [2.05, 4.69) is 0 Å². The van der Waals surface area contributed by atoms with Crippen molar-refractivity contribution in [1.29, 1.82) is 0 Å². The van der Waals surface area contributed by atoms with E-state index < -0.39 is 5.97 Å². The van der Waals surface area contributed by atoms with Crippen LogP contribution in [-0.2, 0) is 9.53 Å². The fraction of sp³-hybridized carbons (Fsp3) is 0.500. The summed E-state index contributed by atoms with van der Waals surface area (Å²) in [5.74, 6) is -0.0835. The molecule has 1 aromatic rings. The third kappa shape index (κ3) is 5.43. The van der Waals surface area contributed by atoms with E-state index >= 15 is 0 Å². The smallest absolute Gasteiger partial charge is 0.341 e. The summed E-state index contributed by atoms with van der Waals surface area (Å²) in [5.41, 5.74) is 0.283. The van der Waals surface area contributed by atoms with Gasteiger partial charge in [-0.3, -0.25) is 4.79 Å². The average molecular weight is 278 g/mol. The molecule has 20 heavy (non-hydrogen) atoms. The van der Waals surface area contributed by atoms with Gasteiger partial charge in [-0.15, -0.1) is 0 Å². The molecule has 0 atom stereocenters. The van der Waals surface area contributed by atoms with E-state index in [4.69, 9.17) is 9.47 Å². The number of carbonyl (C=O) groups excluding carboxylic acids is 2. The van der Waals surface area contributed by atoms with Gasteiger partial charge in [0.2, 0.25) is 0 Å². The number of benzene rings is 1. The zero-order valence-corrected chi connectivity index (χ0v) is 12.5. The third-order valence-corrected chi connectivity index (χ3v) is 2.45. The minimum atomic E-state index is -0.466. The number of carbonyl (C=O) groups is 2. The van der Waals surface area contributed by atoms with Crippen molar-refractivity contribution < 1.29 is 19.1 Å². The van der Waals surface area contributed by atoms with Crippen LogP contribution in [0.1, 0.15) is 44.5 Å². The van der Waals surface area contributed by atoms with Gasteiger partial charge in [0.15, 0.2) is 0 Å². The summed E-state index contributed by atoms with van der Waals surface area (Å²) >= 11 is 0. The van der Waals surface area contributed by atoms with Gasteiger partial charge < -0.3 is 9.47 Å². The molecule has 0 aliphatic heterocycles. The third-order valence-electron chi connectivity index (χ3n) is 2.45. The molecule has 0 aromatic heterocycles. The van der Waals surface area contributed by atoms with Crippen LogP contribution in [0.5, 0.6) is 5.75 Å². The summed E-state index contributed by atoms with van der Waals surface area (Å²) in [7, 11) is 0. The Morgan fingerprint density at radius 2 is 1.70 bits per heavy atom. The quantitative estimate of drug-likeness (QED) is 0.590. The highest BCUT2D eigenvalue weighted by molar-refractivity contribution is 5.93. The molecule has 1 aromatic carbocycles. The zero-order chi connectivity index (χ0) is 15.1. The normalized spacial score (nSPS) is 10.7. The molecule has 0 spiro atoms. The molecule has 0 N–H and O–H groups in total.